The van der Waals surface area contributed by atoms with Gasteiger partial charge in [-0.15, -0.1) is 0 Å². The molecule has 4 atom stereocenters. The first-order chi connectivity index (χ1) is 23.9. The van der Waals surface area contributed by atoms with Crippen LogP contribution in [-0.4, -0.2) is 76.0 Å². The van der Waals surface area contributed by atoms with Crippen LogP contribution in [0, 0.1) is 0 Å². The van der Waals surface area contributed by atoms with Crippen LogP contribution in [0.5, 0.6) is 34.5 Å². The van der Waals surface area contributed by atoms with E-state index in [1.54, 1.807) is 97.1 Å². The van der Waals surface area contributed by atoms with Gasteiger partial charge in [-0.05, 0) is 111 Å². The fourth-order valence-electron chi connectivity index (χ4n) is 4.52. The molecule has 0 saturated carbocycles. The molecule has 0 N–H and O–H groups in total. The van der Waals surface area contributed by atoms with E-state index in [1.165, 1.54) is 0 Å². The van der Waals surface area contributed by atoms with Gasteiger partial charge in [0.2, 0.25) is 0 Å². The molecule has 2 aliphatic rings. The standard InChI is InChI=1S/C38H38O11/c1-25(46-31-11-15-33(16-12-31)48-37(39)27-3-7-29(8-4-27)42-21-35-23-44-35)19-41-20-26(2)47-32-13-17-34(18-14-32)49-38(40)28-5-9-30(10-6-28)43-22-36-24-45-36/h3-18,25-26,35-36H,19-24H2,1-2H3. The monoisotopic (exact) mass is 670 g/mol. The van der Waals surface area contributed by atoms with E-state index in [0.717, 1.165) is 13.2 Å². The van der Waals surface area contributed by atoms with Crippen molar-refractivity contribution in [2.24, 2.45) is 0 Å². The fourth-order valence-corrected chi connectivity index (χ4v) is 4.52. The third-order valence-electron chi connectivity index (χ3n) is 7.30. The molecular formula is C38H38O11. The van der Waals surface area contributed by atoms with E-state index >= 15 is 0 Å². The highest BCUT2D eigenvalue weighted by Gasteiger charge is 2.24. The van der Waals surface area contributed by atoms with Gasteiger partial charge in [0, 0.05) is 0 Å². The zero-order chi connectivity index (χ0) is 34.0. The van der Waals surface area contributed by atoms with Crippen molar-refractivity contribution >= 4 is 11.9 Å². The number of ether oxygens (including phenoxy) is 9. The molecule has 6 rings (SSSR count). The SMILES string of the molecule is CC(COCC(C)Oc1ccc(OC(=O)c2ccc(OCC3CO3)cc2)cc1)Oc1ccc(OC(=O)c2ccc(OCC3CO3)cc2)cc1. The molecule has 0 radical (unpaired) electrons. The first-order valence-electron chi connectivity index (χ1n) is 16.1. The second kappa shape index (κ2) is 16.3. The highest BCUT2D eigenvalue weighted by molar-refractivity contribution is 5.91. The van der Waals surface area contributed by atoms with Gasteiger partial charge < -0.3 is 42.6 Å². The quantitative estimate of drug-likeness (QED) is 0.0711. The maximum absolute atomic E-state index is 12.5. The van der Waals surface area contributed by atoms with Gasteiger partial charge in [-0.25, -0.2) is 9.59 Å². The van der Waals surface area contributed by atoms with Gasteiger partial charge in [-0.2, -0.15) is 0 Å². The Labute approximate surface area is 284 Å². The first kappa shape index (κ1) is 33.8. The van der Waals surface area contributed by atoms with Crippen LogP contribution in [0.15, 0.2) is 97.1 Å². The molecule has 4 unspecified atom stereocenters. The van der Waals surface area contributed by atoms with Crippen molar-refractivity contribution in [3.63, 3.8) is 0 Å². The van der Waals surface area contributed by atoms with Crippen LogP contribution >= 0.6 is 0 Å². The summed E-state index contributed by atoms with van der Waals surface area (Å²) >= 11 is 0. The van der Waals surface area contributed by atoms with Crippen LogP contribution in [0.3, 0.4) is 0 Å². The van der Waals surface area contributed by atoms with Gasteiger partial charge in [0.05, 0.1) is 37.6 Å². The van der Waals surface area contributed by atoms with E-state index in [-0.39, 0.29) is 24.4 Å². The van der Waals surface area contributed by atoms with Crippen LogP contribution in [0.4, 0.5) is 0 Å². The summed E-state index contributed by atoms with van der Waals surface area (Å²) < 4.78 is 50.1. The lowest BCUT2D eigenvalue weighted by Gasteiger charge is -2.18. The summed E-state index contributed by atoms with van der Waals surface area (Å²) in [7, 11) is 0. The van der Waals surface area contributed by atoms with Crippen LogP contribution in [0.25, 0.3) is 0 Å². The maximum atomic E-state index is 12.5. The van der Waals surface area contributed by atoms with E-state index in [2.05, 4.69) is 0 Å². The molecule has 0 aromatic heterocycles. The summed E-state index contributed by atoms with van der Waals surface area (Å²) in [4.78, 5) is 25.1. The Balaban J connectivity index is 0.859. The van der Waals surface area contributed by atoms with Gasteiger partial charge in [-0.3, -0.25) is 0 Å². The fraction of sp³-hybridized carbons (Fsp3) is 0.316. The summed E-state index contributed by atoms with van der Waals surface area (Å²) in [5.74, 6) is 2.45. The third kappa shape index (κ3) is 11.0. The molecule has 0 bridgehead atoms. The maximum Gasteiger partial charge on any atom is 0.343 e. The number of hydrogen-bond acceptors (Lipinski definition) is 11. The van der Waals surface area contributed by atoms with Crippen molar-refractivity contribution in [1.29, 1.82) is 0 Å². The molecule has 49 heavy (non-hydrogen) atoms. The normalized spacial score (nSPS) is 17.3. The van der Waals surface area contributed by atoms with Crippen molar-refractivity contribution in [2.75, 3.05) is 39.6 Å². The van der Waals surface area contributed by atoms with Gasteiger partial charge in [0.15, 0.2) is 0 Å². The summed E-state index contributed by atoms with van der Waals surface area (Å²) in [5, 5.41) is 0. The number of hydrogen-bond donors (Lipinski definition) is 0. The lowest BCUT2D eigenvalue weighted by molar-refractivity contribution is 0.0188. The van der Waals surface area contributed by atoms with Gasteiger partial charge in [0.1, 0.15) is 72.1 Å². The molecule has 2 fully saturated rings. The molecule has 11 heteroatoms. The number of benzene rings is 4. The van der Waals surface area contributed by atoms with E-state index < -0.39 is 11.9 Å². The van der Waals surface area contributed by atoms with Crippen molar-refractivity contribution in [2.45, 2.75) is 38.3 Å². The van der Waals surface area contributed by atoms with Gasteiger partial charge in [-0.1, -0.05) is 0 Å². The van der Waals surface area contributed by atoms with Gasteiger partial charge >= 0.3 is 11.9 Å². The Kier molecular flexibility index (Phi) is 11.3. The van der Waals surface area contributed by atoms with Gasteiger partial charge in [0.25, 0.3) is 0 Å². The van der Waals surface area contributed by atoms with E-state index in [4.69, 9.17) is 42.6 Å². The Morgan fingerprint density at radius 1 is 0.551 bits per heavy atom. The molecule has 11 nitrogen and oxygen atoms in total. The highest BCUT2D eigenvalue weighted by atomic mass is 16.6. The molecule has 0 aliphatic carbocycles. The molecule has 2 aliphatic heterocycles. The molecule has 4 aromatic carbocycles. The van der Waals surface area contributed by atoms with E-state index in [0.29, 0.717) is 72.1 Å². The average molecular weight is 671 g/mol. The predicted molar refractivity (Wildman–Crippen MR) is 177 cm³/mol. The minimum atomic E-state index is -0.466. The first-order valence-corrected chi connectivity index (χ1v) is 16.1. The zero-order valence-corrected chi connectivity index (χ0v) is 27.3. The Bertz CT molecular complexity index is 1520. The number of esters is 2. The Hall–Kier alpha value is -5.10. The van der Waals surface area contributed by atoms with Crippen molar-refractivity contribution in [3.8, 4) is 34.5 Å². The lowest BCUT2D eigenvalue weighted by atomic mass is 10.2. The molecular weight excluding hydrogens is 632 g/mol. The molecule has 2 saturated heterocycles. The average Bonchev–Trinajstić information content (AvgIpc) is 4.05. The number of carbonyl (C=O) groups excluding carboxylic acids is 2. The second-order valence-electron chi connectivity index (χ2n) is 11.7. The summed E-state index contributed by atoms with van der Waals surface area (Å²) in [5.41, 5.74) is 0.836. The molecule has 0 spiro atoms. The van der Waals surface area contributed by atoms with E-state index in [9.17, 15) is 9.59 Å². The van der Waals surface area contributed by atoms with Crippen LogP contribution in [-0.2, 0) is 14.2 Å². The van der Waals surface area contributed by atoms with Crippen molar-refractivity contribution < 1.29 is 52.2 Å². The predicted octanol–water partition coefficient (Wildman–Crippen LogP) is 5.93. The van der Waals surface area contributed by atoms with E-state index in [1.807, 2.05) is 13.8 Å². The molecule has 256 valence electrons. The minimum Gasteiger partial charge on any atom is -0.491 e. The Morgan fingerprint density at radius 2 is 0.878 bits per heavy atom. The Morgan fingerprint density at radius 3 is 1.22 bits per heavy atom. The highest BCUT2D eigenvalue weighted by Crippen LogP contribution is 2.23. The van der Waals surface area contributed by atoms with Crippen molar-refractivity contribution in [1.82, 2.24) is 0 Å². The van der Waals surface area contributed by atoms with Crippen molar-refractivity contribution in [3.05, 3.63) is 108 Å². The lowest BCUT2D eigenvalue weighted by Crippen LogP contribution is -2.25. The third-order valence-corrected chi connectivity index (χ3v) is 7.30. The largest absolute Gasteiger partial charge is 0.491 e. The second-order valence-corrected chi connectivity index (χ2v) is 11.7. The zero-order valence-electron chi connectivity index (χ0n) is 27.3. The molecule has 2 heterocycles. The van der Waals surface area contributed by atoms with Crippen LogP contribution < -0.4 is 28.4 Å². The minimum absolute atomic E-state index is 0.166. The van der Waals surface area contributed by atoms with Crippen LogP contribution in [0.1, 0.15) is 34.6 Å². The number of rotatable bonds is 18. The number of epoxide rings is 2. The summed E-state index contributed by atoms with van der Waals surface area (Å²) in [6, 6.07) is 27.2. The summed E-state index contributed by atoms with van der Waals surface area (Å²) in [6.07, 6.45) is -0.135. The molecule has 0 amide bonds. The smallest absolute Gasteiger partial charge is 0.343 e. The van der Waals surface area contributed by atoms with Crippen LogP contribution in [0.2, 0.25) is 0 Å². The number of carbonyl (C=O) groups is 2. The summed E-state index contributed by atoms with van der Waals surface area (Å²) in [6.45, 7) is 6.94. The molecule has 4 aromatic rings. The topological polar surface area (TPSA) is 124 Å².